The number of likely N-dealkylation sites (N-methyl/N-ethyl adjacent to an activating group) is 1. The van der Waals surface area contributed by atoms with E-state index in [9.17, 15) is 15.6 Å². The molecule has 45 heavy (non-hydrogen) atoms. The molecule has 13 heteroatoms. The Bertz CT molecular complexity index is 1880. The highest BCUT2D eigenvalue weighted by atomic mass is 32.1. The minimum atomic E-state index is -1.03. The lowest BCUT2D eigenvalue weighted by molar-refractivity contribution is 0.0944. The van der Waals surface area contributed by atoms with Crippen molar-refractivity contribution >= 4 is 33.2 Å². The minimum absolute atomic E-state index is 0.0458. The van der Waals surface area contributed by atoms with Crippen LogP contribution >= 0.6 is 11.3 Å². The van der Waals surface area contributed by atoms with Gasteiger partial charge in [0.05, 0.1) is 28.0 Å². The van der Waals surface area contributed by atoms with E-state index in [1.807, 2.05) is 4.68 Å². The maximum Gasteiger partial charge on any atom is 0.186 e. The molecule has 4 aromatic heterocycles. The zero-order valence-electron chi connectivity index (χ0n) is 26.1. The molecule has 234 valence electrons. The third-order valence-electron chi connectivity index (χ3n) is 9.94. The molecule has 2 aliphatic carbocycles. The first-order chi connectivity index (χ1) is 21.6. The summed E-state index contributed by atoms with van der Waals surface area (Å²) in [4.78, 5) is 13.5. The van der Waals surface area contributed by atoms with E-state index in [0.717, 1.165) is 79.7 Å². The second-order valence-electron chi connectivity index (χ2n) is 13.5. The van der Waals surface area contributed by atoms with Gasteiger partial charge in [0.2, 0.25) is 0 Å². The highest BCUT2D eigenvalue weighted by Gasteiger charge is 2.49. The van der Waals surface area contributed by atoms with Gasteiger partial charge in [-0.3, -0.25) is 0 Å². The summed E-state index contributed by atoms with van der Waals surface area (Å²) in [6, 6.07) is 4.83. The Balaban J connectivity index is 1.41. The number of aryl methyl sites for hydroxylation is 1. The Morgan fingerprint density at radius 2 is 1.98 bits per heavy atom. The molecule has 1 saturated heterocycles. The van der Waals surface area contributed by atoms with Gasteiger partial charge in [-0.25, -0.2) is 14.6 Å². The van der Waals surface area contributed by atoms with E-state index in [0.29, 0.717) is 38.9 Å². The van der Waals surface area contributed by atoms with Crippen molar-refractivity contribution in [3.63, 3.8) is 0 Å². The topological polar surface area (TPSA) is 179 Å². The average Bonchev–Trinajstić information content (AvgIpc) is 3.79. The number of aliphatic hydroxyl groups is 1. The third-order valence-corrected chi connectivity index (χ3v) is 11.0. The predicted molar refractivity (Wildman–Crippen MR) is 171 cm³/mol. The van der Waals surface area contributed by atoms with Crippen LogP contribution in [-0.4, -0.2) is 66.7 Å². The van der Waals surface area contributed by atoms with Gasteiger partial charge in [0.25, 0.3) is 0 Å². The van der Waals surface area contributed by atoms with Crippen molar-refractivity contribution in [1.29, 1.82) is 10.5 Å². The molecule has 0 unspecified atom stereocenters. The smallest absolute Gasteiger partial charge is 0.186 e. The van der Waals surface area contributed by atoms with Gasteiger partial charge in [-0.15, -0.1) is 11.3 Å². The Labute approximate surface area is 265 Å². The number of aromatic nitrogens is 5. The fourth-order valence-electron chi connectivity index (χ4n) is 7.86. The van der Waals surface area contributed by atoms with Crippen LogP contribution in [0.2, 0.25) is 0 Å². The average molecular weight is 627 g/mol. The van der Waals surface area contributed by atoms with Gasteiger partial charge in [0, 0.05) is 23.0 Å². The number of nitrogens with two attached hydrogens (primary N) is 1. The van der Waals surface area contributed by atoms with Gasteiger partial charge in [0.15, 0.2) is 28.6 Å². The summed E-state index contributed by atoms with van der Waals surface area (Å²) < 4.78 is 8.11. The monoisotopic (exact) mass is 626 g/mol. The van der Waals surface area contributed by atoms with Crippen LogP contribution in [0.25, 0.3) is 22.6 Å². The van der Waals surface area contributed by atoms with Crippen molar-refractivity contribution in [3.05, 3.63) is 33.0 Å². The Morgan fingerprint density at radius 3 is 2.67 bits per heavy atom. The number of thiophene rings is 1. The number of nitrogens with zero attached hydrogens (tertiary/aromatic N) is 8. The zero-order valence-corrected chi connectivity index (χ0v) is 27.0. The summed E-state index contributed by atoms with van der Waals surface area (Å²) >= 11 is 1.52. The predicted octanol–water partition coefficient (Wildman–Crippen LogP) is 4.67. The summed E-state index contributed by atoms with van der Waals surface area (Å²) in [5.41, 5.74) is 8.71. The van der Waals surface area contributed by atoms with Gasteiger partial charge in [-0.05, 0) is 91.3 Å². The van der Waals surface area contributed by atoms with Gasteiger partial charge in [-0.1, -0.05) is 5.16 Å². The van der Waals surface area contributed by atoms with E-state index < -0.39 is 11.0 Å². The molecule has 1 fully saturated rings. The summed E-state index contributed by atoms with van der Waals surface area (Å²) in [5.74, 6) is 1.58. The fraction of sp³-hybridized carbons (Fsp3) is 0.562. The minimum Gasteiger partial charge on any atom is -0.389 e. The molecule has 0 amide bonds. The van der Waals surface area contributed by atoms with E-state index in [4.69, 9.17) is 25.3 Å². The molecule has 0 bridgehead atoms. The largest absolute Gasteiger partial charge is 0.389 e. The molecule has 0 radical (unpaired) electrons. The van der Waals surface area contributed by atoms with Gasteiger partial charge in [-0.2, -0.15) is 15.6 Å². The first kappa shape index (κ1) is 29.7. The second-order valence-corrected chi connectivity index (χ2v) is 14.6. The molecular formula is C32H38N10O2S. The summed E-state index contributed by atoms with van der Waals surface area (Å²) in [6.45, 7) is 6.76. The molecule has 1 spiro atoms. The van der Waals surface area contributed by atoms with Gasteiger partial charge < -0.3 is 25.6 Å². The summed E-state index contributed by atoms with van der Waals surface area (Å²) in [7, 11) is 2.12. The van der Waals surface area contributed by atoms with Crippen LogP contribution < -0.4 is 11.1 Å². The van der Waals surface area contributed by atoms with Crippen LogP contribution in [0.5, 0.6) is 0 Å². The quantitative estimate of drug-likeness (QED) is 0.271. The van der Waals surface area contributed by atoms with Gasteiger partial charge >= 0.3 is 0 Å². The number of anilines is 2. The lowest BCUT2D eigenvalue weighted by Crippen LogP contribution is -2.35. The first-order valence-electron chi connectivity index (χ1n) is 15.7. The number of rotatable bonds is 6. The van der Waals surface area contributed by atoms with Crippen LogP contribution in [0.4, 0.5) is 10.8 Å². The number of nitriles is 2. The van der Waals surface area contributed by atoms with Crippen LogP contribution in [0.1, 0.15) is 98.4 Å². The zero-order chi connectivity index (χ0) is 31.7. The molecule has 7 rings (SSSR count). The van der Waals surface area contributed by atoms with Crippen molar-refractivity contribution in [1.82, 2.24) is 29.8 Å². The molecule has 0 saturated carbocycles. The Morgan fingerprint density at radius 1 is 1.20 bits per heavy atom. The highest BCUT2D eigenvalue weighted by Crippen LogP contribution is 2.55. The number of hydrogen-bond acceptors (Lipinski definition) is 12. The number of nitrogen functional groups attached to an aromatic ring is 1. The summed E-state index contributed by atoms with van der Waals surface area (Å²) in [6.07, 6.45) is 7.37. The summed E-state index contributed by atoms with van der Waals surface area (Å²) in [5, 5.41) is 44.5. The normalized spacial score (nSPS) is 22.2. The lowest BCUT2D eigenvalue weighted by atomic mass is 9.63. The molecule has 4 aromatic rings. The van der Waals surface area contributed by atoms with Crippen LogP contribution in [0, 0.1) is 22.7 Å². The third kappa shape index (κ3) is 4.68. The number of hydrogen-bond donors (Lipinski definition) is 3. The lowest BCUT2D eigenvalue weighted by Gasteiger charge is -2.39. The SMILES string of the molecule is C[C@@H]([C@@H]1CCCN1C)n1nc(C#N)c2c(NCC(C)(C)O)nc(-c3noc4c3CCC[C@@]43CCCc4sc(N)c(C#N)c43)nc21. The van der Waals surface area contributed by atoms with E-state index in [2.05, 4.69) is 41.5 Å². The van der Waals surface area contributed by atoms with Crippen molar-refractivity contribution in [2.45, 2.75) is 95.2 Å². The molecule has 5 heterocycles. The fourth-order valence-corrected chi connectivity index (χ4v) is 9.02. The maximum absolute atomic E-state index is 10.6. The van der Waals surface area contributed by atoms with Crippen LogP contribution in [-0.2, 0) is 18.3 Å². The first-order valence-corrected chi connectivity index (χ1v) is 16.6. The van der Waals surface area contributed by atoms with Crippen LogP contribution in [0.15, 0.2) is 4.52 Å². The number of likely N-dealkylation sites (tertiary alicyclic amines) is 1. The van der Waals surface area contributed by atoms with Crippen molar-refractivity contribution < 1.29 is 9.63 Å². The van der Waals surface area contributed by atoms with Crippen molar-refractivity contribution in [2.75, 3.05) is 31.2 Å². The molecule has 4 N–H and O–H groups in total. The van der Waals surface area contributed by atoms with E-state index in [1.165, 1.54) is 11.3 Å². The molecule has 1 aliphatic heterocycles. The van der Waals surface area contributed by atoms with E-state index in [-0.39, 0.29) is 24.3 Å². The maximum atomic E-state index is 10.6. The van der Waals surface area contributed by atoms with Crippen LogP contribution in [0.3, 0.4) is 0 Å². The number of nitrogens with one attached hydrogen (secondary N) is 1. The van der Waals surface area contributed by atoms with E-state index >= 15 is 0 Å². The Hall–Kier alpha value is -4.04. The van der Waals surface area contributed by atoms with Crippen molar-refractivity contribution in [3.8, 4) is 23.7 Å². The molecule has 12 nitrogen and oxygen atoms in total. The number of fused-ring (bicyclic) bond motifs is 5. The highest BCUT2D eigenvalue weighted by molar-refractivity contribution is 7.16. The second kappa shape index (κ2) is 10.8. The Kier molecular flexibility index (Phi) is 7.11. The standard InChI is InChI=1S/C32H38N10O2S/c1-17(21-9-7-13-41(21)4)42-30-23(20(15-34)39-42)28(36-16-31(2,3)43)37-29(38-30)25-18-8-5-11-32(26(18)44-40-25)12-6-10-22-24(32)19(14-33)27(35)45-22/h17,21,43H,5-13,16,35H2,1-4H3,(H,36,37,38)/t17-,21-,32-/m0/s1. The van der Waals surface area contributed by atoms with Crippen molar-refractivity contribution in [2.24, 2.45) is 0 Å². The van der Waals surface area contributed by atoms with Gasteiger partial charge in [0.1, 0.15) is 23.0 Å². The molecular weight excluding hydrogens is 588 g/mol. The van der Waals surface area contributed by atoms with E-state index in [1.54, 1.807) is 13.8 Å². The molecule has 0 aromatic carbocycles. The molecule has 3 atom stereocenters. The molecule has 3 aliphatic rings.